The number of nitrogens with two attached hydrogens (primary N) is 1. The van der Waals surface area contributed by atoms with E-state index in [0.29, 0.717) is 22.2 Å². The Kier molecular flexibility index (Phi) is 6.46. The summed E-state index contributed by atoms with van der Waals surface area (Å²) in [6.07, 6.45) is 0.898. The number of anilines is 2. The molecule has 1 aromatic rings. The minimum absolute atomic E-state index is 0.411. The number of nitrogen functional groups attached to an aromatic ring is 1. The van der Waals surface area contributed by atoms with E-state index in [4.69, 9.17) is 20.5 Å². The van der Waals surface area contributed by atoms with Crippen molar-refractivity contribution in [2.24, 2.45) is 5.92 Å². The highest BCUT2D eigenvalue weighted by Crippen LogP contribution is 2.41. The van der Waals surface area contributed by atoms with Crippen molar-refractivity contribution in [2.45, 2.75) is 20.3 Å². The van der Waals surface area contributed by atoms with E-state index in [1.807, 2.05) is 0 Å². The first kappa shape index (κ1) is 15.6. The van der Waals surface area contributed by atoms with E-state index in [2.05, 4.69) is 25.2 Å². The first-order valence-corrected chi connectivity index (χ1v) is 7.09. The molecule has 1 heterocycles. The lowest BCUT2D eigenvalue weighted by molar-refractivity contribution is 0.110. The summed E-state index contributed by atoms with van der Waals surface area (Å²) in [4.78, 5) is 0.482. The van der Waals surface area contributed by atoms with Crippen LogP contribution in [0.1, 0.15) is 25.1 Å². The molecule has 1 aromatic heterocycles. The van der Waals surface area contributed by atoms with Crippen molar-refractivity contribution in [2.75, 3.05) is 37.9 Å². The number of thiophene rings is 1. The summed E-state index contributed by atoms with van der Waals surface area (Å²) in [5.41, 5.74) is 6.22. The lowest BCUT2D eigenvalue weighted by Crippen LogP contribution is -2.08. The van der Waals surface area contributed by atoms with Gasteiger partial charge in [0.1, 0.15) is 21.6 Å². The van der Waals surface area contributed by atoms with Gasteiger partial charge in [0.15, 0.2) is 5.75 Å². The molecule has 19 heavy (non-hydrogen) atoms. The molecule has 0 fully saturated rings. The normalized spacial score (nSPS) is 10.5. The van der Waals surface area contributed by atoms with Gasteiger partial charge in [0.25, 0.3) is 0 Å². The van der Waals surface area contributed by atoms with Crippen molar-refractivity contribution in [3.63, 3.8) is 0 Å². The van der Waals surface area contributed by atoms with Crippen molar-refractivity contribution in [1.82, 2.24) is 0 Å². The molecule has 0 saturated carbocycles. The lowest BCUT2D eigenvalue weighted by Gasteiger charge is -2.08. The zero-order valence-electron chi connectivity index (χ0n) is 11.7. The van der Waals surface area contributed by atoms with Gasteiger partial charge in [-0.15, -0.1) is 11.3 Å². The van der Waals surface area contributed by atoms with Crippen LogP contribution >= 0.6 is 11.3 Å². The van der Waals surface area contributed by atoms with E-state index in [1.54, 1.807) is 7.11 Å². The molecule has 0 saturated heterocycles. The third-order valence-corrected chi connectivity index (χ3v) is 3.46. The summed E-state index contributed by atoms with van der Waals surface area (Å²) in [6, 6.07) is 2.06. The second-order valence-electron chi connectivity index (χ2n) is 4.57. The van der Waals surface area contributed by atoms with Gasteiger partial charge in [0.2, 0.25) is 0 Å². The second-order valence-corrected chi connectivity index (χ2v) is 5.59. The van der Waals surface area contributed by atoms with E-state index >= 15 is 0 Å². The monoisotopic (exact) mass is 283 g/mol. The molecule has 0 amide bonds. The molecule has 0 aliphatic carbocycles. The Morgan fingerprint density at radius 3 is 2.79 bits per heavy atom. The fraction of sp³-hybridized carbons (Fsp3) is 0.615. The van der Waals surface area contributed by atoms with Crippen LogP contribution in [0.5, 0.6) is 5.75 Å². The van der Waals surface area contributed by atoms with Crippen LogP contribution in [0.2, 0.25) is 0 Å². The van der Waals surface area contributed by atoms with Crippen LogP contribution < -0.4 is 15.8 Å². The molecule has 3 N–H and O–H groups in total. The van der Waals surface area contributed by atoms with Crippen LogP contribution in [0.25, 0.3) is 0 Å². The highest BCUT2D eigenvalue weighted by atomic mass is 32.1. The molecule has 0 aliphatic heterocycles. The maximum atomic E-state index is 8.92. The van der Waals surface area contributed by atoms with Crippen LogP contribution in [0.3, 0.4) is 0 Å². The average molecular weight is 283 g/mol. The van der Waals surface area contributed by atoms with E-state index in [-0.39, 0.29) is 0 Å². The van der Waals surface area contributed by atoms with Gasteiger partial charge in [-0.3, -0.25) is 0 Å². The number of ether oxygens (including phenoxy) is 2. The molecule has 5 nitrogen and oxygen atoms in total. The molecular weight excluding hydrogens is 262 g/mol. The quantitative estimate of drug-likeness (QED) is 0.717. The standard InChI is InChI=1S/C13H21N3O2S/c1-9(2)8-18-6-4-5-16-13-12(17-3)11(15)10(7-14)19-13/h9,16H,4-6,8,15H2,1-3H3. The van der Waals surface area contributed by atoms with E-state index < -0.39 is 0 Å². The van der Waals surface area contributed by atoms with Gasteiger partial charge in [0, 0.05) is 19.8 Å². The minimum atomic E-state index is 0.411. The smallest absolute Gasteiger partial charge is 0.177 e. The number of hydrogen-bond acceptors (Lipinski definition) is 6. The number of nitrogens with one attached hydrogen (secondary N) is 1. The zero-order chi connectivity index (χ0) is 14.3. The van der Waals surface area contributed by atoms with Crippen LogP contribution in [-0.2, 0) is 4.74 Å². The Balaban J connectivity index is 2.39. The summed E-state index contributed by atoms with van der Waals surface area (Å²) < 4.78 is 10.7. The second kappa shape index (κ2) is 7.87. The first-order chi connectivity index (χ1) is 9.10. The van der Waals surface area contributed by atoms with Crippen LogP contribution in [0.4, 0.5) is 10.7 Å². The van der Waals surface area contributed by atoms with Crippen LogP contribution in [-0.4, -0.2) is 26.9 Å². The summed E-state index contributed by atoms with van der Waals surface area (Å²) in [5.74, 6) is 1.12. The van der Waals surface area contributed by atoms with E-state index in [1.165, 1.54) is 11.3 Å². The SMILES string of the molecule is COc1c(NCCCOCC(C)C)sc(C#N)c1N. The molecule has 6 heteroatoms. The third-order valence-electron chi connectivity index (χ3n) is 2.41. The van der Waals surface area contributed by atoms with E-state index in [0.717, 1.165) is 31.2 Å². The number of rotatable bonds is 8. The molecule has 106 valence electrons. The molecule has 0 atom stereocenters. The average Bonchev–Trinajstić information content (AvgIpc) is 2.69. The Hall–Kier alpha value is -1.45. The maximum absolute atomic E-state index is 8.92. The minimum Gasteiger partial charge on any atom is -0.492 e. The fourth-order valence-corrected chi connectivity index (χ4v) is 2.44. The molecule has 0 spiro atoms. The summed E-state index contributed by atoms with van der Waals surface area (Å²) in [7, 11) is 1.55. The number of nitriles is 1. The Morgan fingerprint density at radius 1 is 1.47 bits per heavy atom. The largest absolute Gasteiger partial charge is 0.492 e. The molecular formula is C13H21N3O2S. The van der Waals surface area contributed by atoms with Gasteiger partial charge in [-0.05, 0) is 12.3 Å². The van der Waals surface area contributed by atoms with Crippen molar-refractivity contribution in [3.05, 3.63) is 4.88 Å². The van der Waals surface area contributed by atoms with Gasteiger partial charge in [-0.2, -0.15) is 5.26 Å². The Bertz CT molecular complexity index is 438. The van der Waals surface area contributed by atoms with E-state index in [9.17, 15) is 0 Å². The van der Waals surface area contributed by atoms with Crippen molar-refractivity contribution >= 4 is 22.0 Å². The summed E-state index contributed by atoms with van der Waals surface area (Å²) in [6.45, 7) is 6.52. The van der Waals surface area contributed by atoms with Crippen molar-refractivity contribution < 1.29 is 9.47 Å². The number of methoxy groups -OCH3 is 1. The van der Waals surface area contributed by atoms with Gasteiger partial charge >= 0.3 is 0 Å². The van der Waals surface area contributed by atoms with Gasteiger partial charge < -0.3 is 20.5 Å². The summed E-state index contributed by atoms with van der Waals surface area (Å²) in [5, 5.41) is 13.0. The highest BCUT2D eigenvalue weighted by Gasteiger charge is 2.15. The van der Waals surface area contributed by atoms with Crippen molar-refractivity contribution in [1.29, 1.82) is 5.26 Å². The molecule has 0 aromatic carbocycles. The van der Waals surface area contributed by atoms with Crippen molar-refractivity contribution in [3.8, 4) is 11.8 Å². The lowest BCUT2D eigenvalue weighted by atomic mass is 10.2. The molecule has 0 unspecified atom stereocenters. The van der Waals surface area contributed by atoms with Gasteiger partial charge in [-0.25, -0.2) is 0 Å². The van der Waals surface area contributed by atoms with Crippen LogP contribution in [0.15, 0.2) is 0 Å². The zero-order valence-corrected chi connectivity index (χ0v) is 12.5. The van der Waals surface area contributed by atoms with Gasteiger partial charge in [0.05, 0.1) is 7.11 Å². The predicted molar refractivity (Wildman–Crippen MR) is 78.8 cm³/mol. The highest BCUT2D eigenvalue weighted by molar-refractivity contribution is 7.17. The maximum Gasteiger partial charge on any atom is 0.177 e. The van der Waals surface area contributed by atoms with Gasteiger partial charge in [-0.1, -0.05) is 13.8 Å². The number of nitrogens with zero attached hydrogens (tertiary/aromatic N) is 1. The third kappa shape index (κ3) is 4.62. The Labute approximate surface area is 118 Å². The molecule has 0 bridgehead atoms. The predicted octanol–water partition coefficient (Wildman–Crippen LogP) is 2.69. The van der Waals surface area contributed by atoms with Crippen LogP contribution in [0, 0.1) is 17.2 Å². The topological polar surface area (TPSA) is 80.3 Å². The number of hydrogen-bond donors (Lipinski definition) is 2. The molecule has 0 aliphatic rings. The summed E-state index contributed by atoms with van der Waals surface area (Å²) >= 11 is 1.32. The molecule has 1 rings (SSSR count). The Morgan fingerprint density at radius 2 is 2.21 bits per heavy atom. The molecule has 0 radical (unpaired) electrons. The fourth-order valence-electron chi connectivity index (χ4n) is 1.53. The first-order valence-electron chi connectivity index (χ1n) is 6.28.